The Morgan fingerprint density at radius 3 is 2.31 bits per heavy atom. The van der Waals surface area contributed by atoms with Crippen LogP contribution in [0.4, 0.5) is 0 Å². The van der Waals surface area contributed by atoms with E-state index in [1.165, 1.54) is 0 Å². The first-order valence-corrected chi connectivity index (χ1v) is 14.4. The molecule has 0 aliphatic heterocycles. The molecule has 3 aromatic heterocycles. The summed E-state index contributed by atoms with van der Waals surface area (Å²) in [4.78, 5) is 37.5. The van der Waals surface area contributed by atoms with Crippen molar-refractivity contribution in [3.05, 3.63) is 104 Å². The molecule has 5 rings (SSSR count). The minimum Gasteiger partial charge on any atom is -0.339 e. The van der Waals surface area contributed by atoms with Gasteiger partial charge in [-0.05, 0) is 36.5 Å². The van der Waals surface area contributed by atoms with Gasteiger partial charge in [0.15, 0.2) is 11.6 Å². The molecule has 0 aliphatic rings. The van der Waals surface area contributed by atoms with Crippen LogP contribution in [0.15, 0.2) is 67.2 Å². The van der Waals surface area contributed by atoms with Crippen LogP contribution in [-0.2, 0) is 24.8 Å². The van der Waals surface area contributed by atoms with Crippen LogP contribution in [0, 0.1) is 6.92 Å². The highest BCUT2D eigenvalue weighted by atomic mass is 16.5. The summed E-state index contributed by atoms with van der Waals surface area (Å²) in [6.07, 6.45) is 3.74. The predicted octanol–water partition coefficient (Wildman–Crippen LogP) is 5.61. The minimum atomic E-state index is -0.602. The summed E-state index contributed by atoms with van der Waals surface area (Å²) in [5.74, 6) is 1.60. The van der Waals surface area contributed by atoms with Crippen molar-refractivity contribution in [3.63, 3.8) is 0 Å². The number of hydrogen-bond donors (Lipinski definition) is 1. The van der Waals surface area contributed by atoms with Crippen LogP contribution in [0.5, 0.6) is 0 Å². The van der Waals surface area contributed by atoms with Gasteiger partial charge in [0.25, 0.3) is 5.56 Å². The summed E-state index contributed by atoms with van der Waals surface area (Å²) < 4.78 is 12.0. The van der Waals surface area contributed by atoms with E-state index in [1.54, 1.807) is 4.57 Å². The number of aromatic nitrogens is 6. The van der Waals surface area contributed by atoms with Crippen molar-refractivity contribution in [2.75, 3.05) is 0 Å². The normalized spacial score (nSPS) is 11.7. The summed E-state index contributed by atoms with van der Waals surface area (Å²) in [6, 6.07) is 15.6. The number of H-pyrrole nitrogens is 1. The predicted molar refractivity (Wildman–Crippen MR) is 159 cm³/mol. The number of benzene rings is 2. The molecule has 0 amide bonds. The molecule has 10 nitrogen and oxygen atoms in total. The molecule has 0 atom stereocenters. The van der Waals surface area contributed by atoms with E-state index in [9.17, 15) is 9.59 Å². The van der Waals surface area contributed by atoms with Gasteiger partial charge < -0.3 is 4.52 Å². The van der Waals surface area contributed by atoms with Gasteiger partial charge in [0.2, 0.25) is 5.89 Å². The first-order valence-electron chi connectivity index (χ1n) is 14.4. The number of nitrogens with one attached hydrogen (secondary N) is 1. The third kappa shape index (κ3) is 6.02. The van der Waals surface area contributed by atoms with Crippen molar-refractivity contribution >= 4 is 0 Å². The second kappa shape index (κ2) is 12.1. The van der Waals surface area contributed by atoms with E-state index in [2.05, 4.69) is 48.0 Å². The number of aromatic amines is 1. The van der Waals surface area contributed by atoms with Gasteiger partial charge in [-0.25, -0.2) is 9.78 Å². The highest BCUT2D eigenvalue weighted by Gasteiger charge is 2.26. The zero-order chi connectivity index (χ0) is 29.9. The molecule has 0 radical (unpaired) electrons. The molecule has 2 aromatic carbocycles. The first kappa shape index (κ1) is 28.9. The van der Waals surface area contributed by atoms with Gasteiger partial charge in [0, 0.05) is 28.7 Å². The number of aryl methyl sites for hydroxylation is 2. The van der Waals surface area contributed by atoms with Crippen LogP contribution in [0.25, 0.3) is 22.5 Å². The lowest BCUT2D eigenvalue weighted by atomic mass is 9.87. The second-order valence-electron chi connectivity index (χ2n) is 11.2. The van der Waals surface area contributed by atoms with E-state index >= 15 is 0 Å². The van der Waals surface area contributed by atoms with Crippen LogP contribution >= 0.6 is 0 Å². The van der Waals surface area contributed by atoms with Gasteiger partial charge in [-0.2, -0.15) is 4.98 Å². The summed E-state index contributed by atoms with van der Waals surface area (Å²) in [5, 5.41) is 8.06. The molecule has 1 N–H and O–H groups in total. The van der Waals surface area contributed by atoms with Gasteiger partial charge in [-0.3, -0.25) is 18.9 Å². The third-order valence-corrected chi connectivity index (χ3v) is 7.53. The zero-order valence-electron chi connectivity index (χ0n) is 24.7. The fraction of sp³-hybridized carbons (Fsp3) is 0.375. The molecule has 0 spiro atoms. The average Bonchev–Trinajstić information content (AvgIpc) is 3.63. The van der Waals surface area contributed by atoms with Crippen LogP contribution < -0.4 is 11.3 Å². The monoisotopic (exact) mass is 568 g/mol. The molecule has 0 saturated carbocycles. The van der Waals surface area contributed by atoms with E-state index < -0.39 is 5.76 Å². The Morgan fingerprint density at radius 1 is 0.905 bits per heavy atom. The Labute approximate surface area is 243 Å². The maximum absolute atomic E-state index is 13.9. The van der Waals surface area contributed by atoms with Crippen molar-refractivity contribution in [2.24, 2.45) is 0 Å². The van der Waals surface area contributed by atoms with Crippen molar-refractivity contribution in [1.29, 1.82) is 0 Å². The molecule has 0 aliphatic carbocycles. The van der Waals surface area contributed by atoms with Gasteiger partial charge in [0.1, 0.15) is 5.82 Å². The van der Waals surface area contributed by atoms with E-state index in [4.69, 9.17) is 14.0 Å². The highest BCUT2D eigenvalue weighted by molar-refractivity contribution is 5.80. The Hall–Kier alpha value is -4.60. The average molecular weight is 569 g/mol. The molecule has 0 unspecified atom stereocenters. The van der Waals surface area contributed by atoms with Crippen LogP contribution in [-0.4, -0.2) is 29.8 Å². The molecule has 10 heteroatoms. The summed E-state index contributed by atoms with van der Waals surface area (Å²) in [5.41, 5.74) is 4.51. The number of nitrogens with zero attached hydrogens (tertiary/aromatic N) is 5. The molecule has 0 bridgehead atoms. The molecular formula is C32H36N6O4. The van der Waals surface area contributed by atoms with E-state index in [-0.39, 0.29) is 17.4 Å². The lowest BCUT2D eigenvalue weighted by Crippen LogP contribution is -2.30. The maximum Gasteiger partial charge on any atom is 0.439 e. The topological polar surface area (TPSA) is 133 Å². The van der Waals surface area contributed by atoms with E-state index in [0.29, 0.717) is 41.8 Å². The van der Waals surface area contributed by atoms with Crippen molar-refractivity contribution in [3.8, 4) is 22.5 Å². The van der Waals surface area contributed by atoms with Crippen molar-refractivity contribution in [1.82, 2.24) is 29.8 Å². The number of rotatable bonds is 11. The quantitative estimate of drug-likeness (QED) is 0.217. The first-order chi connectivity index (χ1) is 20.2. The Kier molecular flexibility index (Phi) is 8.33. The fourth-order valence-electron chi connectivity index (χ4n) is 5.29. The molecule has 218 valence electrons. The van der Waals surface area contributed by atoms with Crippen LogP contribution in [0.1, 0.15) is 81.3 Å². The SMILES string of the molecule is CCCc1nc(C)c(Cc2nc(C(C)(C)CCC)no2)c(=O)n1Cc1ccc(-c2ccccc2-c2noc(=O)[nH]2)cc1. The Balaban J connectivity index is 1.44. The van der Waals surface area contributed by atoms with Gasteiger partial charge in [0.05, 0.1) is 13.0 Å². The van der Waals surface area contributed by atoms with Gasteiger partial charge in [-0.15, -0.1) is 0 Å². The molecular weight excluding hydrogens is 532 g/mol. The third-order valence-electron chi connectivity index (χ3n) is 7.53. The van der Waals surface area contributed by atoms with E-state index in [0.717, 1.165) is 47.3 Å². The highest BCUT2D eigenvalue weighted by Crippen LogP contribution is 2.30. The summed E-state index contributed by atoms with van der Waals surface area (Å²) >= 11 is 0. The van der Waals surface area contributed by atoms with Crippen LogP contribution in [0.3, 0.4) is 0 Å². The number of hydrogen-bond acceptors (Lipinski definition) is 8. The van der Waals surface area contributed by atoms with Crippen molar-refractivity contribution in [2.45, 2.75) is 78.7 Å². The lowest BCUT2D eigenvalue weighted by molar-refractivity contribution is 0.356. The van der Waals surface area contributed by atoms with Crippen LogP contribution in [0.2, 0.25) is 0 Å². The van der Waals surface area contributed by atoms with Crippen molar-refractivity contribution < 1.29 is 9.05 Å². The Morgan fingerprint density at radius 2 is 1.64 bits per heavy atom. The fourth-order valence-corrected chi connectivity index (χ4v) is 5.29. The standard InChI is InChI=1S/C32H36N6O4/c1-6-10-26-33-20(3)25(18-27-34-30(37-41-27)32(4,5)17-7-2)29(39)38(26)19-21-13-15-22(16-14-21)23-11-8-9-12-24(23)28-35-31(40)42-36-28/h8-9,11-16H,6-7,10,17-19H2,1-5H3,(H,35,36,40). The van der Waals surface area contributed by atoms with E-state index in [1.807, 2.05) is 55.5 Å². The van der Waals surface area contributed by atoms with Gasteiger partial charge >= 0.3 is 5.76 Å². The summed E-state index contributed by atoms with van der Waals surface area (Å²) in [6.45, 7) is 10.7. The molecule has 3 heterocycles. The molecule has 0 fully saturated rings. The zero-order valence-corrected chi connectivity index (χ0v) is 24.7. The maximum atomic E-state index is 13.9. The Bertz CT molecular complexity index is 1790. The summed E-state index contributed by atoms with van der Waals surface area (Å²) in [7, 11) is 0. The molecule has 42 heavy (non-hydrogen) atoms. The molecule has 0 saturated heterocycles. The van der Waals surface area contributed by atoms with Gasteiger partial charge in [-0.1, -0.05) is 93.0 Å². The molecule has 5 aromatic rings. The largest absolute Gasteiger partial charge is 0.439 e. The minimum absolute atomic E-state index is 0.0945. The second-order valence-corrected chi connectivity index (χ2v) is 11.2. The lowest BCUT2D eigenvalue weighted by Gasteiger charge is -2.18. The smallest absolute Gasteiger partial charge is 0.339 e.